The van der Waals surface area contributed by atoms with Gasteiger partial charge in [0.05, 0.1) is 7.11 Å². The number of methoxy groups -OCH3 is 1. The zero-order chi connectivity index (χ0) is 17.5. The molecule has 0 aliphatic heterocycles. The Labute approximate surface area is 156 Å². The van der Waals surface area contributed by atoms with Crippen molar-refractivity contribution >= 4 is 35.0 Å². The van der Waals surface area contributed by atoms with Crippen molar-refractivity contribution in [1.29, 1.82) is 0 Å². The first-order valence-electron chi connectivity index (χ1n) is 8.18. The molecule has 0 amide bonds. The highest BCUT2D eigenvalue weighted by Gasteiger charge is 2.15. The fraction of sp³-hybridized carbons (Fsp3) is 0.438. The van der Waals surface area contributed by atoms with Crippen molar-refractivity contribution in [3.8, 4) is 5.88 Å². The molecule has 2 aromatic heterocycles. The van der Waals surface area contributed by atoms with Crippen molar-refractivity contribution in [1.82, 2.24) is 25.3 Å². The van der Waals surface area contributed by atoms with E-state index in [-0.39, 0.29) is 0 Å². The van der Waals surface area contributed by atoms with Crippen LogP contribution in [0.2, 0.25) is 0 Å². The summed E-state index contributed by atoms with van der Waals surface area (Å²) in [6, 6.07) is 3.93. The number of anilines is 1. The molecule has 1 aliphatic rings. The maximum Gasteiger partial charge on any atom is 0.233 e. The number of aromatic nitrogens is 4. The van der Waals surface area contributed by atoms with Crippen LogP contribution in [0.3, 0.4) is 0 Å². The lowest BCUT2D eigenvalue weighted by molar-refractivity contribution is 0.395. The summed E-state index contributed by atoms with van der Waals surface area (Å²) >= 11 is 6.73. The molecule has 0 saturated heterocycles. The minimum atomic E-state index is 0.395. The molecule has 2 aromatic rings. The lowest BCUT2D eigenvalue weighted by Gasteiger charge is -2.24. The minimum absolute atomic E-state index is 0.395. The van der Waals surface area contributed by atoms with E-state index in [1.807, 2.05) is 0 Å². The SMILES string of the molecule is COc1cc(Sc2ncccn2)nc(NC(=S)NC2CCCCC2)n1. The van der Waals surface area contributed by atoms with Gasteiger partial charge in [0, 0.05) is 24.5 Å². The zero-order valence-corrected chi connectivity index (χ0v) is 15.6. The summed E-state index contributed by atoms with van der Waals surface area (Å²) < 4.78 is 5.26. The second-order valence-corrected chi connectivity index (χ2v) is 7.03. The first kappa shape index (κ1) is 17.8. The third-order valence-corrected chi connectivity index (χ3v) is 4.82. The lowest BCUT2D eigenvalue weighted by Crippen LogP contribution is -2.39. The molecule has 0 aromatic carbocycles. The number of thiocarbonyl (C=S) groups is 1. The van der Waals surface area contributed by atoms with Crippen LogP contribution in [0.4, 0.5) is 5.95 Å². The number of nitrogens with zero attached hydrogens (tertiary/aromatic N) is 4. The van der Waals surface area contributed by atoms with Gasteiger partial charge in [-0.1, -0.05) is 19.3 Å². The fourth-order valence-corrected chi connectivity index (χ4v) is 3.58. The van der Waals surface area contributed by atoms with E-state index in [1.54, 1.807) is 31.6 Å². The van der Waals surface area contributed by atoms with Gasteiger partial charge in [-0.15, -0.1) is 0 Å². The van der Waals surface area contributed by atoms with Gasteiger partial charge in [0.25, 0.3) is 0 Å². The number of rotatable bonds is 5. The van der Waals surface area contributed by atoms with Gasteiger partial charge in [0.15, 0.2) is 10.3 Å². The maximum absolute atomic E-state index is 5.39. The summed E-state index contributed by atoms with van der Waals surface area (Å²) in [5.41, 5.74) is 0. The number of hydrogen-bond donors (Lipinski definition) is 2. The molecule has 7 nitrogen and oxygen atoms in total. The standard InChI is InChI=1S/C16H20N6OS2/c1-23-12-10-13(25-16-17-8-5-9-18-16)21-14(20-12)22-15(24)19-11-6-3-2-4-7-11/h5,8-11H,2-4,6-7H2,1H3,(H2,19,20,21,22,24). The van der Waals surface area contributed by atoms with E-state index in [0.29, 0.717) is 33.2 Å². The summed E-state index contributed by atoms with van der Waals surface area (Å²) in [7, 11) is 1.57. The van der Waals surface area contributed by atoms with E-state index < -0.39 is 0 Å². The van der Waals surface area contributed by atoms with Gasteiger partial charge in [-0.2, -0.15) is 4.98 Å². The molecule has 0 spiro atoms. The molecule has 0 radical (unpaired) electrons. The zero-order valence-electron chi connectivity index (χ0n) is 13.9. The van der Waals surface area contributed by atoms with E-state index in [0.717, 1.165) is 12.8 Å². The molecule has 2 N–H and O–H groups in total. The normalized spacial score (nSPS) is 14.8. The van der Waals surface area contributed by atoms with Gasteiger partial charge in [-0.05, 0) is 42.9 Å². The molecule has 0 unspecified atom stereocenters. The van der Waals surface area contributed by atoms with Gasteiger partial charge in [0.1, 0.15) is 5.03 Å². The third kappa shape index (κ3) is 5.50. The number of ether oxygens (including phenoxy) is 1. The van der Waals surface area contributed by atoms with E-state index in [4.69, 9.17) is 17.0 Å². The maximum atomic E-state index is 5.39. The van der Waals surface area contributed by atoms with Crippen molar-refractivity contribution < 1.29 is 4.74 Å². The third-order valence-electron chi connectivity index (χ3n) is 3.79. The Kier molecular flexibility index (Phi) is 6.35. The van der Waals surface area contributed by atoms with Crippen LogP contribution in [0.1, 0.15) is 32.1 Å². The molecule has 0 atom stereocenters. The largest absolute Gasteiger partial charge is 0.481 e. The van der Waals surface area contributed by atoms with Crippen LogP contribution in [0.15, 0.2) is 34.7 Å². The van der Waals surface area contributed by atoms with E-state index in [2.05, 4.69) is 30.6 Å². The van der Waals surface area contributed by atoms with Gasteiger partial charge in [-0.3, -0.25) is 0 Å². The van der Waals surface area contributed by atoms with Crippen LogP contribution in [-0.4, -0.2) is 38.2 Å². The van der Waals surface area contributed by atoms with Crippen LogP contribution in [0.25, 0.3) is 0 Å². The molecule has 132 valence electrons. The highest BCUT2D eigenvalue weighted by Crippen LogP contribution is 2.26. The molecule has 1 fully saturated rings. The fourth-order valence-electron chi connectivity index (χ4n) is 2.62. The summed E-state index contributed by atoms with van der Waals surface area (Å²) in [4.78, 5) is 17.1. The molecule has 3 rings (SSSR count). The Morgan fingerprint density at radius 2 is 1.96 bits per heavy atom. The van der Waals surface area contributed by atoms with Crippen molar-refractivity contribution in [3.05, 3.63) is 24.5 Å². The first-order chi connectivity index (χ1) is 12.2. The Hall–Kier alpha value is -2.00. The smallest absolute Gasteiger partial charge is 0.233 e. The Bertz CT molecular complexity index is 709. The van der Waals surface area contributed by atoms with E-state index >= 15 is 0 Å². The summed E-state index contributed by atoms with van der Waals surface area (Å²) in [5, 5.41) is 8.22. The quantitative estimate of drug-likeness (QED) is 0.464. The monoisotopic (exact) mass is 376 g/mol. The van der Waals surface area contributed by atoms with Crippen LogP contribution in [0, 0.1) is 0 Å². The van der Waals surface area contributed by atoms with Crippen LogP contribution < -0.4 is 15.4 Å². The number of nitrogens with one attached hydrogen (secondary N) is 2. The molecule has 2 heterocycles. The van der Waals surface area contributed by atoms with Gasteiger partial charge in [0.2, 0.25) is 11.8 Å². The molecule has 0 bridgehead atoms. The second kappa shape index (κ2) is 8.91. The van der Waals surface area contributed by atoms with E-state index in [9.17, 15) is 0 Å². The second-order valence-electron chi connectivity index (χ2n) is 5.64. The molecule has 9 heteroatoms. The molecular weight excluding hydrogens is 356 g/mol. The molecule has 1 aliphatic carbocycles. The van der Waals surface area contributed by atoms with Crippen molar-refractivity contribution in [2.24, 2.45) is 0 Å². The predicted molar refractivity (Wildman–Crippen MR) is 101 cm³/mol. The van der Waals surface area contributed by atoms with Crippen LogP contribution in [-0.2, 0) is 0 Å². The minimum Gasteiger partial charge on any atom is -0.481 e. The average Bonchev–Trinajstić information content (AvgIpc) is 2.63. The topological polar surface area (TPSA) is 84.9 Å². The average molecular weight is 377 g/mol. The molecule has 25 heavy (non-hydrogen) atoms. The van der Waals surface area contributed by atoms with Crippen molar-refractivity contribution in [2.45, 2.75) is 48.3 Å². The summed E-state index contributed by atoms with van der Waals surface area (Å²) in [6.07, 6.45) is 9.47. The first-order valence-corrected chi connectivity index (χ1v) is 9.41. The van der Waals surface area contributed by atoms with Crippen molar-refractivity contribution in [2.75, 3.05) is 12.4 Å². The highest BCUT2D eigenvalue weighted by molar-refractivity contribution is 7.99. The van der Waals surface area contributed by atoms with Crippen molar-refractivity contribution in [3.63, 3.8) is 0 Å². The Morgan fingerprint density at radius 1 is 1.20 bits per heavy atom. The van der Waals surface area contributed by atoms with Gasteiger partial charge in [-0.25, -0.2) is 15.0 Å². The Morgan fingerprint density at radius 3 is 2.68 bits per heavy atom. The van der Waals surface area contributed by atoms with Gasteiger partial charge >= 0.3 is 0 Å². The number of hydrogen-bond acceptors (Lipinski definition) is 7. The highest BCUT2D eigenvalue weighted by atomic mass is 32.2. The summed E-state index contributed by atoms with van der Waals surface area (Å²) in [5.74, 6) is 0.850. The molecular formula is C16H20N6OS2. The molecule has 1 saturated carbocycles. The predicted octanol–water partition coefficient (Wildman–Crippen LogP) is 3.05. The Balaban J connectivity index is 1.67. The van der Waals surface area contributed by atoms with E-state index in [1.165, 1.54) is 31.0 Å². The lowest BCUT2D eigenvalue weighted by atomic mass is 9.96. The van der Waals surface area contributed by atoms with Crippen LogP contribution in [0.5, 0.6) is 5.88 Å². The van der Waals surface area contributed by atoms with Crippen LogP contribution >= 0.6 is 24.0 Å². The van der Waals surface area contributed by atoms with Gasteiger partial charge < -0.3 is 15.4 Å². The summed E-state index contributed by atoms with van der Waals surface area (Å²) in [6.45, 7) is 0.